The minimum atomic E-state index is -0.199. The average molecular weight is 407 g/mol. The molecule has 7 heteroatoms. The van der Waals surface area contributed by atoms with Gasteiger partial charge in [-0.25, -0.2) is 0 Å². The zero-order chi connectivity index (χ0) is 19.4. The lowest BCUT2D eigenvalue weighted by atomic mass is 9.95. The van der Waals surface area contributed by atoms with E-state index in [-0.39, 0.29) is 23.7 Å². The van der Waals surface area contributed by atoms with Crippen molar-refractivity contribution >= 4 is 18.3 Å². The number of aromatic nitrogens is 2. The predicted molar refractivity (Wildman–Crippen MR) is 113 cm³/mol. The molecule has 1 amide bonds. The number of hydrogen-bond donors (Lipinski definition) is 1. The van der Waals surface area contributed by atoms with E-state index in [0.717, 1.165) is 39.0 Å². The molecule has 1 saturated heterocycles. The minimum absolute atomic E-state index is 0. The molecule has 1 N–H and O–H groups in total. The molecule has 1 aliphatic rings. The molecule has 0 unspecified atom stereocenters. The van der Waals surface area contributed by atoms with Crippen molar-refractivity contribution in [3.8, 4) is 11.5 Å². The quantitative estimate of drug-likeness (QED) is 0.814. The molecular weight excluding hydrogens is 376 g/mol. The van der Waals surface area contributed by atoms with E-state index in [2.05, 4.69) is 22.4 Å². The molecule has 0 spiro atoms. The van der Waals surface area contributed by atoms with E-state index < -0.39 is 0 Å². The van der Waals surface area contributed by atoms with Crippen LogP contribution in [-0.4, -0.2) is 47.1 Å². The van der Waals surface area contributed by atoms with Crippen molar-refractivity contribution in [1.82, 2.24) is 20.4 Å². The molecular formula is C21H31ClN4O2. The summed E-state index contributed by atoms with van der Waals surface area (Å²) in [6.07, 6.45) is 2.07. The SMILES string of the molecule is CCNCC1CCN(C(=O)c2ccccc2-c2nc(C(C)(C)C)no2)CC1.Cl. The van der Waals surface area contributed by atoms with E-state index in [4.69, 9.17) is 4.52 Å². The van der Waals surface area contributed by atoms with Crippen molar-refractivity contribution in [1.29, 1.82) is 0 Å². The molecule has 3 rings (SSSR count). The number of hydrogen-bond acceptors (Lipinski definition) is 5. The summed E-state index contributed by atoms with van der Waals surface area (Å²) < 4.78 is 5.48. The van der Waals surface area contributed by atoms with Crippen LogP contribution >= 0.6 is 12.4 Å². The molecule has 1 aromatic carbocycles. The monoisotopic (exact) mass is 406 g/mol. The molecule has 0 bridgehead atoms. The third-order valence-corrected chi connectivity index (χ3v) is 5.07. The molecule has 2 aromatic rings. The molecule has 0 saturated carbocycles. The lowest BCUT2D eigenvalue weighted by Gasteiger charge is -2.32. The van der Waals surface area contributed by atoms with Crippen molar-refractivity contribution in [2.75, 3.05) is 26.2 Å². The van der Waals surface area contributed by atoms with Gasteiger partial charge in [0.1, 0.15) is 0 Å². The number of amides is 1. The summed E-state index contributed by atoms with van der Waals surface area (Å²) in [7, 11) is 0. The zero-order valence-corrected chi connectivity index (χ0v) is 18.0. The Balaban J connectivity index is 0.00000280. The van der Waals surface area contributed by atoms with Gasteiger partial charge in [0.2, 0.25) is 0 Å². The molecule has 6 nitrogen and oxygen atoms in total. The summed E-state index contributed by atoms with van der Waals surface area (Å²) in [4.78, 5) is 19.6. The first kappa shape index (κ1) is 22.4. The van der Waals surface area contributed by atoms with Gasteiger partial charge in [0.25, 0.3) is 11.8 Å². The van der Waals surface area contributed by atoms with Crippen LogP contribution in [-0.2, 0) is 5.41 Å². The highest BCUT2D eigenvalue weighted by atomic mass is 35.5. The summed E-state index contributed by atoms with van der Waals surface area (Å²) in [5.41, 5.74) is 1.14. The Morgan fingerprint density at radius 3 is 2.54 bits per heavy atom. The smallest absolute Gasteiger partial charge is 0.258 e. The molecule has 2 heterocycles. The molecule has 0 radical (unpaired) electrons. The Bertz CT molecular complexity index is 777. The van der Waals surface area contributed by atoms with E-state index in [1.807, 2.05) is 49.9 Å². The lowest BCUT2D eigenvalue weighted by molar-refractivity contribution is 0.0691. The number of rotatable bonds is 5. The second kappa shape index (κ2) is 9.52. The Morgan fingerprint density at radius 2 is 1.93 bits per heavy atom. The molecule has 0 aliphatic carbocycles. The Morgan fingerprint density at radius 1 is 1.25 bits per heavy atom. The van der Waals surface area contributed by atoms with Crippen LogP contribution in [0.1, 0.15) is 56.7 Å². The third kappa shape index (κ3) is 5.11. The maximum absolute atomic E-state index is 13.1. The van der Waals surface area contributed by atoms with Crippen molar-refractivity contribution in [3.63, 3.8) is 0 Å². The van der Waals surface area contributed by atoms with Gasteiger partial charge < -0.3 is 14.7 Å². The van der Waals surface area contributed by atoms with E-state index in [0.29, 0.717) is 28.8 Å². The average Bonchev–Trinajstić information content (AvgIpc) is 3.17. The zero-order valence-electron chi connectivity index (χ0n) is 17.2. The van der Waals surface area contributed by atoms with Crippen molar-refractivity contribution in [2.24, 2.45) is 5.92 Å². The Labute approximate surface area is 173 Å². The maximum Gasteiger partial charge on any atom is 0.258 e. The fourth-order valence-electron chi connectivity index (χ4n) is 3.35. The summed E-state index contributed by atoms with van der Waals surface area (Å²) >= 11 is 0. The molecule has 1 aliphatic heterocycles. The van der Waals surface area contributed by atoms with Gasteiger partial charge in [0.05, 0.1) is 11.1 Å². The number of benzene rings is 1. The number of carbonyl (C=O) groups excluding carboxylic acids is 1. The van der Waals surface area contributed by atoms with Crippen LogP contribution in [0.4, 0.5) is 0 Å². The van der Waals surface area contributed by atoms with Crippen LogP contribution in [0.3, 0.4) is 0 Å². The van der Waals surface area contributed by atoms with E-state index in [1.54, 1.807) is 0 Å². The van der Waals surface area contributed by atoms with Crippen LogP contribution in [0.15, 0.2) is 28.8 Å². The number of carbonyl (C=O) groups is 1. The second-order valence-corrected chi connectivity index (χ2v) is 8.26. The van der Waals surface area contributed by atoms with Gasteiger partial charge in [-0.2, -0.15) is 4.98 Å². The molecule has 1 aromatic heterocycles. The minimum Gasteiger partial charge on any atom is -0.339 e. The summed E-state index contributed by atoms with van der Waals surface area (Å²) in [5.74, 6) is 1.74. The molecule has 28 heavy (non-hydrogen) atoms. The van der Waals surface area contributed by atoms with E-state index in [9.17, 15) is 4.79 Å². The lowest BCUT2D eigenvalue weighted by Crippen LogP contribution is -2.40. The third-order valence-electron chi connectivity index (χ3n) is 5.07. The number of likely N-dealkylation sites (tertiary alicyclic amines) is 1. The first-order valence-electron chi connectivity index (χ1n) is 9.83. The fourth-order valence-corrected chi connectivity index (χ4v) is 3.35. The molecule has 154 valence electrons. The highest BCUT2D eigenvalue weighted by Gasteiger charge is 2.27. The van der Waals surface area contributed by atoms with Gasteiger partial charge in [0, 0.05) is 18.5 Å². The Hall–Kier alpha value is -1.92. The van der Waals surface area contributed by atoms with Crippen LogP contribution in [0.25, 0.3) is 11.5 Å². The van der Waals surface area contributed by atoms with Gasteiger partial charge in [0.15, 0.2) is 5.82 Å². The van der Waals surface area contributed by atoms with Gasteiger partial charge in [-0.05, 0) is 44.0 Å². The topological polar surface area (TPSA) is 71.3 Å². The van der Waals surface area contributed by atoms with E-state index in [1.165, 1.54) is 0 Å². The van der Waals surface area contributed by atoms with Crippen LogP contribution < -0.4 is 5.32 Å². The van der Waals surface area contributed by atoms with Crippen LogP contribution in [0.5, 0.6) is 0 Å². The van der Waals surface area contributed by atoms with E-state index >= 15 is 0 Å². The van der Waals surface area contributed by atoms with Gasteiger partial charge in [-0.3, -0.25) is 4.79 Å². The summed E-state index contributed by atoms with van der Waals surface area (Å²) in [6, 6.07) is 7.51. The number of piperidine rings is 1. The maximum atomic E-state index is 13.1. The largest absolute Gasteiger partial charge is 0.339 e. The highest BCUT2D eigenvalue weighted by Crippen LogP contribution is 2.28. The normalized spacial score (nSPS) is 15.4. The molecule has 0 atom stereocenters. The second-order valence-electron chi connectivity index (χ2n) is 8.26. The fraction of sp³-hybridized carbons (Fsp3) is 0.571. The van der Waals surface area contributed by atoms with Gasteiger partial charge in [-0.1, -0.05) is 45.0 Å². The number of nitrogens with zero attached hydrogens (tertiary/aromatic N) is 3. The van der Waals surface area contributed by atoms with Crippen molar-refractivity contribution in [2.45, 2.75) is 46.0 Å². The van der Waals surface area contributed by atoms with Crippen molar-refractivity contribution in [3.05, 3.63) is 35.7 Å². The van der Waals surface area contributed by atoms with Gasteiger partial charge in [-0.15, -0.1) is 12.4 Å². The van der Waals surface area contributed by atoms with Crippen LogP contribution in [0.2, 0.25) is 0 Å². The first-order chi connectivity index (χ1) is 12.9. The predicted octanol–water partition coefficient (Wildman–Crippen LogP) is 3.92. The Kier molecular flexibility index (Phi) is 7.61. The number of halogens is 1. The highest BCUT2D eigenvalue weighted by molar-refractivity contribution is 6.00. The van der Waals surface area contributed by atoms with Crippen LogP contribution in [0, 0.1) is 5.92 Å². The summed E-state index contributed by atoms with van der Waals surface area (Å²) in [5, 5.41) is 7.50. The first-order valence-corrected chi connectivity index (χ1v) is 9.83. The number of nitrogens with one attached hydrogen (secondary N) is 1. The standard InChI is InChI=1S/C21H30N4O2.ClH/c1-5-22-14-15-10-12-25(13-11-15)19(26)17-9-7-6-8-16(17)18-23-20(24-27-18)21(2,3)4;/h6-9,15,22H,5,10-14H2,1-4H3;1H. The molecule has 1 fully saturated rings. The summed E-state index contributed by atoms with van der Waals surface area (Å²) in [6.45, 7) is 11.8. The van der Waals surface area contributed by atoms with Crippen molar-refractivity contribution < 1.29 is 9.32 Å². The van der Waals surface area contributed by atoms with Gasteiger partial charge >= 0.3 is 0 Å².